The Labute approximate surface area is 129 Å². The number of anilines is 2. The van der Waals surface area contributed by atoms with Gasteiger partial charge < -0.3 is 5.32 Å². The van der Waals surface area contributed by atoms with E-state index < -0.39 is 4.92 Å². The van der Waals surface area contributed by atoms with Gasteiger partial charge in [0.05, 0.1) is 4.92 Å². The van der Waals surface area contributed by atoms with Crippen LogP contribution in [-0.2, 0) is 0 Å². The third kappa shape index (κ3) is 2.87. The highest BCUT2D eigenvalue weighted by molar-refractivity contribution is 9.10. The van der Waals surface area contributed by atoms with Crippen LogP contribution in [0.2, 0.25) is 0 Å². The summed E-state index contributed by atoms with van der Waals surface area (Å²) in [7, 11) is 0. The van der Waals surface area contributed by atoms with E-state index in [1.807, 2.05) is 42.5 Å². The third-order valence-corrected chi connectivity index (χ3v) is 3.68. The van der Waals surface area contributed by atoms with Gasteiger partial charge in [-0.05, 0) is 35.0 Å². The van der Waals surface area contributed by atoms with Crippen LogP contribution in [0.5, 0.6) is 0 Å². The van der Waals surface area contributed by atoms with Crippen molar-refractivity contribution in [1.29, 1.82) is 0 Å². The molecule has 21 heavy (non-hydrogen) atoms. The van der Waals surface area contributed by atoms with Crippen molar-refractivity contribution in [1.82, 2.24) is 0 Å². The SMILES string of the molecule is O=[N+]([O-])c1cc(Br)ccc1Nc1ccc2ccccc2c1. The fraction of sp³-hybridized carbons (Fsp3) is 0. The molecule has 0 aromatic heterocycles. The van der Waals surface area contributed by atoms with Gasteiger partial charge in [-0.3, -0.25) is 10.1 Å². The number of fused-ring (bicyclic) bond motifs is 1. The Kier molecular flexibility index (Phi) is 3.58. The third-order valence-electron chi connectivity index (χ3n) is 3.18. The molecule has 0 saturated carbocycles. The van der Waals surface area contributed by atoms with Crippen LogP contribution < -0.4 is 5.32 Å². The van der Waals surface area contributed by atoms with E-state index in [1.165, 1.54) is 6.07 Å². The zero-order chi connectivity index (χ0) is 14.8. The van der Waals surface area contributed by atoms with Gasteiger partial charge in [-0.25, -0.2) is 0 Å². The molecule has 0 fully saturated rings. The van der Waals surface area contributed by atoms with Gasteiger partial charge >= 0.3 is 0 Å². The van der Waals surface area contributed by atoms with Crippen molar-refractivity contribution in [2.45, 2.75) is 0 Å². The van der Waals surface area contributed by atoms with Gasteiger partial charge in [0.2, 0.25) is 0 Å². The molecule has 3 rings (SSSR count). The van der Waals surface area contributed by atoms with Crippen LogP contribution in [0.3, 0.4) is 0 Å². The smallest absolute Gasteiger partial charge is 0.293 e. The lowest BCUT2D eigenvalue weighted by Gasteiger charge is -2.08. The Morgan fingerprint density at radius 3 is 2.48 bits per heavy atom. The van der Waals surface area contributed by atoms with Gasteiger partial charge in [-0.2, -0.15) is 0 Å². The average molecular weight is 343 g/mol. The minimum atomic E-state index is -0.395. The van der Waals surface area contributed by atoms with E-state index in [-0.39, 0.29) is 5.69 Å². The number of halogens is 1. The summed E-state index contributed by atoms with van der Waals surface area (Å²) >= 11 is 3.25. The van der Waals surface area contributed by atoms with Crippen molar-refractivity contribution in [2.24, 2.45) is 0 Å². The maximum atomic E-state index is 11.1. The molecule has 0 saturated heterocycles. The Bertz CT molecular complexity index is 833. The van der Waals surface area contributed by atoms with Crippen molar-refractivity contribution in [3.63, 3.8) is 0 Å². The number of nitro benzene ring substituents is 1. The lowest BCUT2D eigenvalue weighted by atomic mass is 10.1. The lowest BCUT2D eigenvalue weighted by molar-refractivity contribution is -0.384. The van der Waals surface area contributed by atoms with Crippen LogP contribution in [-0.4, -0.2) is 4.92 Å². The Balaban J connectivity index is 2.00. The number of rotatable bonds is 3. The Morgan fingerprint density at radius 1 is 0.952 bits per heavy atom. The topological polar surface area (TPSA) is 55.2 Å². The molecule has 0 radical (unpaired) electrons. The fourth-order valence-electron chi connectivity index (χ4n) is 2.18. The fourth-order valence-corrected chi connectivity index (χ4v) is 2.53. The number of nitro groups is 1. The van der Waals surface area contributed by atoms with E-state index in [0.29, 0.717) is 10.2 Å². The average Bonchev–Trinajstić information content (AvgIpc) is 2.49. The highest BCUT2D eigenvalue weighted by atomic mass is 79.9. The first-order valence-corrected chi connectivity index (χ1v) is 7.12. The summed E-state index contributed by atoms with van der Waals surface area (Å²) in [6.07, 6.45) is 0. The van der Waals surface area contributed by atoms with E-state index in [4.69, 9.17) is 0 Å². The molecule has 0 heterocycles. The summed E-state index contributed by atoms with van der Waals surface area (Å²) in [5.74, 6) is 0. The number of benzene rings is 3. The molecule has 0 atom stereocenters. The van der Waals surface area contributed by atoms with Gasteiger partial charge in [-0.1, -0.05) is 46.3 Å². The molecule has 104 valence electrons. The van der Waals surface area contributed by atoms with Gasteiger partial charge in [0.1, 0.15) is 5.69 Å². The minimum absolute atomic E-state index is 0.0394. The van der Waals surface area contributed by atoms with Crippen molar-refractivity contribution in [2.75, 3.05) is 5.32 Å². The van der Waals surface area contributed by atoms with Gasteiger partial charge in [-0.15, -0.1) is 0 Å². The molecule has 1 N–H and O–H groups in total. The van der Waals surface area contributed by atoms with Gasteiger partial charge in [0.25, 0.3) is 5.69 Å². The molecule has 0 spiro atoms. The first kappa shape index (κ1) is 13.6. The number of hydrogen-bond donors (Lipinski definition) is 1. The summed E-state index contributed by atoms with van der Waals surface area (Å²) in [6.45, 7) is 0. The summed E-state index contributed by atoms with van der Waals surface area (Å²) in [4.78, 5) is 10.7. The van der Waals surface area contributed by atoms with Crippen LogP contribution in [0, 0.1) is 10.1 Å². The Morgan fingerprint density at radius 2 is 1.71 bits per heavy atom. The maximum Gasteiger partial charge on any atom is 0.293 e. The molecule has 3 aromatic rings. The second-order valence-corrected chi connectivity index (χ2v) is 5.52. The Hall–Kier alpha value is -2.40. The zero-order valence-corrected chi connectivity index (χ0v) is 12.5. The van der Waals surface area contributed by atoms with Gasteiger partial charge in [0, 0.05) is 16.2 Å². The second kappa shape index (κ2) is 5.54. The molecule has 5 heteroatoms. The first-order chi connectivity index (χ1) is 10.1. The summed E-state index contributed by atoms with van der Waals surface area (Å²) in [5, 5.41) is 16.5. The molecular weight excluding hydrogens is 332 g/mol. The largest absolute Gasteiger partial charge is 0.350 e. The first-order valence-electron chi connectivity index (χ1n) is 6.33. The molecule has 0 aliphatic rings. The molecule has 0 amide bonds. The van der Waals surface area contributed by atoms with E-state index in [9.17, 15) is 10.1 Å². The van der Waals surface area contributed by atoms with E-state index in [0.717, 1.165) is 16.5 Å². The zero-order valence-electron chi connectivity index (χ0n) is 10.9. The standard InChI is InChI=1S/C16H11BrN2O2/c17-13-6-8-15(16(10-13)19(20)21)18-14-7-5-11-3-1-2-4-12(11)9-14/h1-10,18H. The summed E-state index contributed by atoms with van der Waals surface area (Å²) in [6, 6.07) is 18.8. The van der Waals surface area contributed by atoms with Crippen LogP contribution >= 0.6 is 15.9 Å². The van der Waals surface area contributed by atoms with Crippen molar-refractivity contribution < 1.29 is 4.92 Å². The lowest BCUT2D eigenvalue weighted by Crippen LogP contribution is -1.97. The van der Waals surface area contributed by atoms with E-state index in [1.54, 1.807) is 12.1 Å². The van der Waals surface area contributed by atoms with Crippen LogP contribution in [0.4, 0.5) is 17.1 Å². The minimum Gasteiger partial charge on any atom is -0.350 e. The molecule has 3 aromatic carbocycles. The van der Waals surface area contributed by atoms with Gasteiger partial charge in [0.15, 0.2) is 0 Å². The van der Waals surface area contributed by atoms with Crippen molar-refractivity contribution in [3.05, 3.63) is 75.3 Å². The van der Waals surface area contributed by atoms with Crippen LogP contribution in [0.15, 0.2) is 65.1 Å². The number of nitrogens with one attached hydrogen (secondary N) is 1. The quantitative estimate of drug-likeness (QED) is 0.522. The molecule has 0 aliphatic heterocycles. The van der Waals surface area contributed by atoms with Crippen LogP contribution in [0.1, 0.15) is 0 Å². The van der Waals surface area contributed by atoms with E-state index >= 15 is 0 Å². The summed E-state index contributed by atoms with van der Waals surface area (Å²) < 4.78 is 0.679. The van der Waals surface area contributed by atoms with Crippen molar-refractivity contribution in [3.8, 4) is 0 Å². The summed E-state index contributed by atoms with van der Waals surface area (Å²) in [5.41, 5.74) is 1.33. The molecule has 0 unspecified atom stereocenters. The van der Waals surface area contributed by atoms with Crippen LogP contribution in [0.25, 0.3) is 10.8 Å². The number of hydrogen-bond acceptors (Lipinski definition) is 3. The highest BCUT2D eigenvalue weighted by Crippen LogP contribution is 2.31. The number of nitrogens with zero attached hydrogens (tertiary/aromatic N) is 1. The monoisotopic (exact) mass is 342 g/mol. The molecular formula is C16H11BrN2O2. The molecule has 0 aliphatic carbocycles. The second-order valence-electron chi connectivity index (χ2n) is 4.61. The van der Waals surface area contributed by atoms with E-state index in [2.05, 4.69) is 21.2 Å². The predicted molar refractivity (Wildman–Crippen MR) is 88.0 cm³/mol. The highest BCUT2D eigenvalue weighted by Gasteiger charge is 2.14. The predicted octanol–water partition coefficient (Wildman–Crippen LogP) is 5.25. The maximum absolute atomic E-state index is 11.1. The molecule has 4 nitrogen and oxygen atoms in total. The molecule has 0 bridgehead atoms. The van der Waals surface area contributed by atoms with Crippen molar-refractivity contribution >= 4 is 43.8 Å². The normalized spacial score (nSPS) is 10.5.